The average molecular weight is 290 g/mol. The fourth-order valence-corrected chi connectivity index (χ4v) is 2.01. The van der Waals surface area contributed by atoms with Crippen molar-refractivity contribution in [3.8, 4) is 0 Å². The number of benzene rings is 2. The summed E-state index contributed by atoms with van der Waals surface area (Å²) in [5.41, 5.74) is 2.56. The van der Waals surface area contributed by atoms with Gasteiger partial charge in [0, 0.05) is 17.1 Å². The van der Waals surface area contributed by atoms with E-state index in [1.165, 1.54) is 0 Å². The summed E-state index contributed by atoms with van der Waals surface area (Å²) in [7, 11) is 0. The van der Waals surface area contributed by atoms with Gasteiger partial charge in [0.1, 0.15) is 0 Å². The molecule has 1 amide bonds. The molecule has 0 saturated heterocycles. The monoisotopic (exact) mass is 289 g/mol. The Bertz CT molecular complexity index is 581. The SMILES string of the molecule is O=C(CCc1ccc(Cl)cc1)Nc1cccc(CO)c1. The van der Waals surface area contributed by atoms with Crippen LogP contribution in [0, 0.1) is 0 Å². The van der Waals surface area contributed by atoms with Crippen molar-refractivity contribution in [2.45, 2.75) is 19.4 Å². The van der Waals surface area contributed by atoms with Gasteiger partial charge < -0.3 is 10.4 Å². The maximum Gasteiger partial charge on any atom is 0.224 e. The number of aryl methyl sites for hydroxylation is 1. The first-order valence-electron chi connectivity index (χ1n) is 6.41. The number of nitrogens with one attached hydrogen (secondary N) is 1. The van der Waals surface area contributed by atoms with Crippen LogP contribution in [-0.2, 0) is 17.8 Å². The van der Waals surface area contributed by atoms with Gasteiger partial charge in [-0.3, -0.25) is 4.79 Å². The molecule has 20 heavy (non-hydrogen) atoms. The zero-order valence-corrected chi connectivity index (χ0v) is 11.7. The molecule has 0 fully saturated rings. The highest BCUT2D eigenvalue weighted by molar-refractivity contribution is 6.30. The van der Waals surface area contributed by atoms with Crippen LogP contribution in [-0.4, -0.2) is 11.0 Å². The third-order valence-electron chi connectivity index (χ3n) is 2.95. The van der Waals surface area contributed by atoms with E-state index in [9.17, 15) is 4.79 Å². The van der Waals surface area contributed by atoms with Gasteiger partial charge in [-0.1, -0.05) is 35.9 Å². The minimum absolute atomic E-state index is 0.0332. The van der Waals surface area contributed by atoms with Crippen LogP contribution < -0.4 is 5.32 Å². The molecular weight excluding hydrogens is 274 g/mol. The quantitative estimate of drug-likeness (QED) is 0.886. The highest BCUT2D eigenvalue weighted by atomic mass is 35.5. The predicted molar refractivity (Wildman–Crippen MR) is 80.8 cm³/mol. The Morgan fingerprint density at radius 2 is 1.85 bits per heavy atom. The third kappa shape index (κ3) is 4.37. The molecule has 2 aromatic rings. The van der Waals surface area contributed by atoms with Crippen molar-refractivity contribution < 1.29 is 9.90 Å². The van der Waals surface area contributed by atoms with Crippen LogP contribution in [0.4, 0.5) is 5.69 Å². The second-order valence-corrected chi connectivity index (χ2v) is 4.97. The van der Waals surface area contributed by atoms with Crippen molar-refractivity contribution in [2.75, 3.05) is 5.32 Å². The lowest BCUT2D eigenvalue weighted by Crippen LogP contribution is -2.12. The van der Waals surface area contributed by atoms with Crippen LogP contribution >= 0.6 is 11.6 Å². The van der Waals surface area contributed by atoms with Crippen LogP contribution in [0.3, 0.4) is 0 Å². The molecule has 0 radical (unpaired) electrons. The Morgan fingerprint density at radius 3 is 2.55 bits per heavy atom. The number of hydrogen-bond donors (Lipinski definition) is 2. The Kier molecular flexibility index (Phi) is 5.16. The molecule has 2 N–H and O–H groups in total. The van der Waals surface area contributed by atoms with Crippen LogP contribution in [0.25, 0.3) is 0 Å². The topological polar surface area (TPSA) is 49.3 Å². The maximum atomic E-state index is 11.9. The lowest BCUT2D eigenvalue weighted by molar-refractivity contribution is -0.116. The Labute approximate surface area is 123 Å². The van der Waals surface area contributed by atoms with E-state index in [0.717, 1.165) is 11.1 Å². The number of amides is 1. The summed E-state index contributed by atoms with van der Waals surface area (Å²) in [5, 5.41) is 12.6. The summed E-state index contributed by atoms with van der Waals surface area (Å²) in [6.45, 7) is -0.0332. The number of hydrogen-bond acceptors (Lipinski definition) is 2. The third-order valence-corrected chi connectivity index (χ3v) is 3.20. The first-order chi connectivity index (χ1) is 9.67. The zero-order valence-electron chi connectivity index (χ0n) is 11.0. The van der Waals surface area contributed by atoms with E-state index >= 15 is 0 Å². The van der Waals surface area contributed by atoms with Gasteiger partial charge in [0.25, 0.3) is 0 Å². The van der Waals surface area contributed by atoms with Crippen LogP contribution in [0.15, 0.2) is 48.5 Å². The average Bonchev–Trinajstić information content (AvgIpc) is 2.47. The lowest BCUT2D eigenvalue weighted by Gasteiger charge is -2.06. The van der Waals surface area contributed by atoms with Gasteiger partial charge in [0.15, 0.2) is 0 Å². The van der Waals surface area contributed by atoms with Crippen molar-refractivity contribution in [1.29, 1.82) is 0 Å². The molecule has 2 rings (SSSR count). The molecule has 0 aliphatic carbocycles. The second-order valence-electron chi connectivity index (χ2n) is 4.53. The van der Waals surface area contributed by atoms with Crippen LogP contribution in [0.5, 0.6) is 0 Å². The molecule has 0 aliphatic rings. The van der Waals surface area contributed by atoms with E-state index in [2.05, 4.69) is 5.32 Å². The van der Waals surface area contributed by atoms with Gasteiger partial charge >= 0.3 is 0 Å². The molecule has 2 aromatic carbocycles. The standard InChI is InChI=1S/C16H16ClNO2/c17-14-7-4-12(5-8-14)6-9-16(20)18-15-3-1-2-13(10-15)11-19/h1-5,7-8,10,19H,6,9,11H2,(H,18,20). The van der Waals surface area contributed by atoms with Gasteiger partial charge in [0.2, 0.25) is 5.91 Å². The van der Waals surface area contributed by atoms with Crippen molar-refractivity contribution in [1.82, 2.24) is 0 Å². The predicted octanol–water partition coefficient (Wildman–Crippen LogP) is 3.40. The van der Waals surface area contributed by atoms with Gasteiger partial charge in [-0.2, -0.15) is 0 Å². The molecule has 4 heteroatoms. The molecule has 104 valence electrons. The molecule has 0 aliphatic heterocycles. The molecule has 3 nitrogen and oxygen atoms in total. The number of carbonyl (C=O) groups is 1. The maximum absolute atomic E-state index is 11.9. The normalized spacial score (nSPS) is 10.3. The number of aliphatic hydroxyl groups is 1. The zero-order chi connectivity index (χ0) is 14.4. The molecule has 0 aromatic heterocycles. The Morgan fingerprint density at radius 1 is 1.10 bits per heavy atom. The minimum Gasteiger partial charge on any atom is -0.392 e. The second kappa shape index (κ2) is 7.08. The van der Waals surface area contributed by atoms with Crippen molar-refractivity contribution in [3.05, 3.63) is 64.7 Å². The molecular formula is C16H16ClNO2. The largest absolute Gasteiger partial charge is 0.392 e. The summed E-state index contributed by atoms with van der Waals surface area (Å²) in [6.07, 6.45) is 1.08. The molecule has 0 atom stereocenters. The lowest BCUT2D eigenvalue weighted by atomic mass is 10.1. The molecule has 0 heterocycles. The molecule has 0 saturated carbocycles. The first-order valence-corrected chi connectivity index (χ1v) is 6.79. The summed E-state index contributed by atoms with van der Waals surface area (Å²) in [6, 6.07) is 14.7. The highest BCUT2D eigenvalue weighted by Gasteiger charge is 2.04. The number of halogens is 1. The fourth-order valence-electron chi connectivity index (χ4n) is 1.88. The van der Waals surface area contributed by atoms with Crippen LogP contribution in [0.2, 0.25) is 5.02 Å². The van der Waals surface area contributed by atoms with Gasteiger partial charge in [-0.05, 0) is 41.8 Å². The minimum atomic E-state index is -0.0463. The van der Waals surface area contributed by atoms with E-state index in [1.807, 2.05) is 30.3 Å². The number of aliphatic hydroxyl groups excluding tert-OH is 1. The van der Waals surface area contributed by atoms with E-state index in [1.54, 1.807) is 18.2 Å². The van der Waals surface area contributed by atoms with E-state index < -0.39 is 0 Å². The fraction of sp³-hybridized carbons (Fsp3) is 0.188. The highest BCUT2D eigenvalue weighted by Crippen LogP contribution is 2.13. The molecule has 0 bridgehead atoms. The Hall–Kier alpha value is -1.84. The molecule has 0 unspecified atom stereocenters. The number of rotatable bonds is 5. The van der Waals surface area contributed by atoms with E-state index in [4.69, 9.17) is 16.7 Å². The van der Waals surface area contributed by atoms with Gasteiger partial charge in [-0.25, -0.2) is 0 Å². The van der Waals surface area contributed by atoms with Crippen molar-refractivity contribution in [2.24, 2.45) is 0 Å². The van der Waals surface area contributed by atoms with E-state index in [-0.39, 0.29) is 12.5 Å². The Balaban J connectivity index is 1.87. The number of anilines is 1. The van der Waals surface area contributed by atoms with Gasteiger partial charge in [0.05, 0.1) is 6.61 Å². The molecule has 0 spiro atoms. The number of carbonyl (C=O) groups excluding carboxylic acids is 1. The first kappa shape index (κ1) is 14.6. The van der Waals surface area contributed by atoms with E-state index in [0.29, 0.717) is 23.6 Å². The summed E-state index contributed by atoms with van der Waals surface area (Å²) >= 11 is 5.81. The van der Waals surface area contributed by atoms with Gasteiger partial charge in [-0.15, -0.1) is 0 Å². The summed E-state index contributed by atoms with van der Waals surface area (Å²) in [5.74, 6) is -0.0463. The smallest absolute Gasteiger partial charge is 0.224 e. The summed E-state index contributed by atoms with van der Waals surface area (Å²) in [4.78, 5) is 11.9. The van der Waals surface area contributed by atoms with Crippen molar-refractivity contribution in [3.63, 3.8) is 0 Å². The van der Waals surface area contributed by atoms with Crippen LogP contribution in [0.1, 0.15) is 17.5 Å². The summed E-state index contributed by atoms with van der Waals surface area (Å²) < 4.78 is 0. The van der Waals surface area contributed by atoms with Crippen molar-refractivity contribution >= 4 is 23.2 Å².